The fourth-order valence-electron chi connectivity index (χ4n) is 3.77. The fraction of sp³-hybridized carbons (Fsp3) is 0.478. The lowest BCUT2D eigenvalue weighted by Gasteiger charge is -2.50. The van der Waals surface area contributed by atoms with Gasteiger partial charge in [0.15, 0.2) is 5.82 Å². The highest BCUT2D eigenvalue weighted by Gasteiger charge is 2.53. The van der Waals surface area contributed by atoms with E-state index < -0.39 is 30.1 Å². The van der Waals surface area contributed by atoms with E-state index in [9.17, 15) is 30.7 Å². The van der Waals surface area contributed by atoms with Crippen LogP contribution in [-0.2, 0) is 20.9 Å². The molecule has 0 amide bonds. The van der Waals surface area contributed by atoms with Gasteiger partial charge in [-0.2, -0.15) is 26.3 Å². The molecule has 4 heterocycles. The first-order valence-electron chi connectivity index (χ1n) is 11.2. The van der Waals surface area contributed by atoms with Gasteiger partial charge in [-0.15, -0.1) is 0 Å². The fourth-order valence-corrected chi connectivity index (χ4v) is 3.77. The van der Waals surface area contributed by atoms with E-state index in [4.69, 9.17) is 29.3 Å². The minimum Gasteiger partial charge on any atom is -0.475 e. The Morgan fingerprint density at radius 3 is 2.18 bits per heavy atom. The second-order valence-corrected chi connectivity index (χ2v) is 8.52. The van der Waals surface area contributed by atoms with Crippen LogP contribution in [0, 0.1) is 18.7 Å². The van der Waals surface area contributed by atoms with Crippen molar-refractivity contribution >= 4 is 11.9 Å². The zero-order valence-electron chi connectivity index (χ0n) is 20.3. The number of carboxylic acid groups (broad SMARTS) is 2. The molecule has 4 rings (SSSR count). The normalized spacial score (nSPS) is 18.2. The Morgan fingerprint density at radius 2 is 1.67 bits per heavy atom. The first-order chi connectivity index (χ1) is 18.0. The van der Waals surface area contributed by atoms with Gasteiger partial charge < -0.3 is 19.7 Å². The Bertz CT molecular complexity index is 1100. The SMILES string of the molecule is Cc1cccc(CN2CC3(C2)OCCC3COc2ncccc2F)n1.O=C(O)C(F)(F)F.O=C(O)C(F)(F)F. The van der Waals surface area contributed by atoms with Crippen molar-refractivity contribution in [2.75, 3.05) is 26.3 Å². The summed E-state index contributed by atoms with van der Waals surface area (Å²) in [4.78, 5) is 28.6. The van der Waals surface area contributed by atoms with Crippen LogP contribution < -0.4 is 4.74 Å². The number of pyridine rings is 2. The van der Waals surface area contributed by atoms with Crippen LogP contribution >= 0.6 is 0 Å². The molecule has 2 N–H and O–H groups in total. The molecule has 16 heteroatoms. The molecule has 2 aliphatic heterocycles. The number of aryl methyl sites for hydroxylation is 1. The molecule has 1 spiro atoms. The third kappa shape index (κ3) is 9.62. The van der Waals surface area contributed by atoms with Crippen LogP contribution in [0.2, 0.25) is 0 Å². The van der Waals surface area contributed by atoms with Gasteiger partial charge in [-0.1, -0.05) is 6.07 Å². The van der Waals surface area contributed by atoms with Crippen LogP contribution in [0.3, 0.4) is 0 Å². The van der Waals surface area contributed by atoms with E-state index in [1.807, 2.05) is 19.1 Å². The highest BCUT2D eigenvalue weighted by Crippen LogP contribution is 2.40. The lowest BCUT2D eigenvalue weighted by atomic mass is 9.81. The van der Waals surface area contributed by atoms with Crippen molar-refractivity contribution in [3.8, 4) is 5.88 Å². The van der Waals surface area contributed by atoms with Crippen molar-refractivity contribution in [1.82, 2.24) is 14.9 Å². The summed E-state index contributed by atoms with van der Waals surface area (Å²) in [5.41, 5.74) is 1.94. The molecule has 0 radical (unpaired) electrons. The Morgan fingerprint density at radius 1 is 1.08 bits per heavy atom. The second kappa shape index (κ2) is 13.0. The average molecular weight is 571 g/mol. The van der Waals surface area contributed by atoms with Crippen molar-refractivity contribution in [1.29, 1.82) is 0 Å². The predicted octanol–water partition coefficient (Wildman–Crippen LogP) is 3.86. The van der Waals surface area contributed by atoms with E-state index >= 15 is 0 Å². The van der Waals surface area contributed by atoms with Gasteiger partial charge in [0.1, 0.15) is 0 Å². The standard InChI is InChI=1S/C19H22FN3O2.2C2HF3O2/c1-14-4-2-5-16(22-14)10-23-12-19(13-23)15(7-9-25-19)11-24-18-17(20)6-3-8-21-18;2*3-2(4,5)1(6)7/h2-6,8,15H,7,9-13H2,1H3;2*(H,6,7). The van der Waals surface area contributed by atoms with Gasteiger partial charge in [-0.3, -0.25) is 9.88 Å². The number of aliphatic carboxylic acids is 2. The first kappa shape index (κ1) is 31.7. The molecular weight excluding hydrogens is 547 g/mol. The number of halogens is 7. The number of ether oxygens (including phenoxy) is 2. The second-order valence-electron chi connectivity index (χ2n) is 8.52. The van der Waals surface area contributed by atoms with E-state index in [2.05, 4.69) is 20.9 Å². The number of nitrogens with zero attached hydrogens (tertiary/aromatic N) is 3. The molecule has 1 unspecified atom stereocenters. The molecule has 2 fully saturated rings. The number of carboxylic acids is 2. The largest absolute Gasteiger partial charge is 0.490 e. The Hall–Kier alpha value is -3.53. The van der Waals surface area contributed by atoms with Gasteiger partial charge in [0.05, 0.1) is 17.9 Å². The molecule has 2 aromatic rings. The Labute approximate surface area is 217 Å². The van der Waals surface area contributed by atoms with Gasteiger partial charge in [0, 0.05) is 44.0 Å². The summed E-state index contributed by atoms with van der Waals surface area (Å²) in [6.45, 7) is 5.73. The monoisotopic (exact) mass is 571 g/mol. The van der Waals surface area contributed by atoms with E-state index in [1.165, 1.54) is 6.07 Å². The number of hydrogen-bond acceptors (Lipinski definition) is 7. The van der Waals surface area contributed by atoms with Crippen molar-refractivity contribution < 1.29 is 60.0 Å². The van der Waals surface area contributed by atoms with Crippen LogP contribution in [0.15, 0.2) is 36.5 Å². The number of rotatable bonds is 5. The number of alkyl halides is 6. The first-order valence-corrected chi connectivity index (χ1v) is 11.2. The zero-order chi connectivity index (χ0) is 29.4. The lowest BCUT2D eigenvalue weighted by molar-refractivity contribution is -0.193. The van der Waals surface area contributed by atoms with E-state index in [-0.39, 0.29) is 17.4 Å². The molecule has 216 valence electrons. The number of carbonyl (C=O) groups is 2. The summed E-state index contributed by atoms with van der Waals surface area (Å²) >= 11 is 0. The van der Waals surface area contributed by atoms with Crippen LogP contribution in [0.5, 0.6) is 5.88 Å². The minimum absolute atomic E-state index is 0.0738. The smallest absolute Gasteiger partial charge is 0.475 e. The molecule has 2 aliphatic rings. The van der Waals surface area contributed by atoms with E-state index in [0.29, 0.717) is 6.61 Å². The van der Waals surface area contributed by atoms with Crippen LogP contribution in [-0.4, -0.2) is 81.3 Å². The summed E-state index contributed by atoms with van der Waals surface area (Å²) < 4.78 is 88.8. The maximum absolute atomic E-state index is 13.7. The summed E-state index contributed by atoms with van der Waals surface area (Å²) in [5.74, 6) is -5.60. The summed E-state index contributed by atoms with van der Waals surface area (Å²) in [5, 5.41) is 14.2. The molecular formula is C23H24F7N3O6. The van der Waals surface area contributed by atoms with Crippen LogP contribution in [0.25, 0.3) is 0 Å². The minimum atomic E-state index is -5.08. The molecule has 0 aliphatic carbocycles. The zero-order valence-corrected chi connectivity index (χ0v) is 20.3. The number of likely N-dealkylation sites (tertiary alicyclic amines) is 1. The van der Waals surface area contributed by atoms with Gasteiger partial charge >= 0.3 is 24.3 Å². The Balaban J connectivity index is 0.000000317. The molecule has 2 aromatic heterocycles. The summed E-state index contributed by atoms with van der Waals surface area (Å²) in [7, 11) is 0. The van der Waals surface area contributed by atoms with Crippen molar-refractivity contribution in [3.05, 3.63) is 53.7 Å². The molecule has 0 bridgehead atoms. The molecule has 0 aromatic carbocycles. The third-order valence-electron chi connectivity index (χ3n) is 5.54. The quantitative estimate of drug-likeness (QED) is 0.516. The van der Waals surface area contributed by atoms with Gasteiger partial charge in [-0.05, 0) is 37.6 Å². The summed E-state index contributed by atoms with van der Waals surface area (Å²) in [6.07, 6.45) is -7.69. The van der Waals surface area contributed by atoms with Crippen molar-refractivity contribution in [3.63, 3.8) is 0 Å². The van der Waals surface area contributed by atoms with Crippen molar-refractivity contribution in [2.45, 2.75) is 37.8 Å². The maximum atomic E-state index is 13.7. The highest BCUT2D eigenvalue weighted by molar-refractivity contribution is 5.73. The number of hydrogen-bond donors (Lipinski definition) is 2. The Kier molecular flexibility index (Phi) is 10.6. The predicted molar refractivity (Wildman–Crippen MR) is 118 cm³/mol. The maximum Gasteiger partial charge on any atom is 0.490 e. The average Bonchev–Trinajstić information content (AvgIpc) is 3.22. The molecule has 0 saturated carbocycles. The molecule has 9 nitrogen and oxygen atoms in total. The number of aromatic nitrogens is 2. The highest BCUT2D eigenvalue weighted by atomic mass is 19.4. The molecule has 2 saturated heterocycles. The van der Waals surface area contributed by atoms with Crippen molar-refractivity contribution in [2.24, 2.45) is 5.92 Å². The lowest BCUT2D eigenvalue weighted by Crippen LogP contribution is -2.64. The van der Waals surface area contributed by atoms with E-state index in [0.717, 1.165) is 44.0 Å². The van der Waals surface area contributed by atoms with E-state index in [1.54, 1.807) is 12.3 Å². The summed E-state index contributed by atoms with van der Waals surface area (Å²) in [6, 6.07) is 9.02. The van der Waals surface area contributed by atoms with Crippen LogP contribution in [0.4, 0.5) is 30.7 Å². The van der Waals surface area contributed by atoms with Crippen LogP contribution in [0.1, 0.15) is 17.8 Å². The van der Waals surface area contributed by atoms with Gasteiger partial charge in [0.2, 0.25) is 5.88 Å². The molecule has 39 heavy (non-hydrogen) atoms. The topological polar surface area (TPSA) is 122 Å². The van der Waals surface area contributed by atoms with Gasteiger partial charge in [-0.25, -0.2) is 19.0 Å². The third-order valence-corrected chi connectivity index (χ3v) is 5.54. The van der Waals surface area contributed by atoms with Gasteiger partial charge in [0.25, 0.3) is 0 Å². The molecule has 1 atom stereocenters.